The van der Waals surface area contributed by atoms with Gasteiger partial charge in [-0.15, -0.1) is 0 Å². The minimum atomic E-state index is -0.251. The molecule has 0 saturated carbocycles. The topological polar surface area (TPSA) is 88.9 Å². The van der Waals surface area contributed by atoms with Crippen molar-refractivity contribution in [3.8, 4) is 5.82 Å². The van der Waals surface area contributed by atoms with E-state index in [4.69, 9.17) is 0 Å². The largest absolute Gasteiger partial charge is 0.350 e. The molecule has 0 unspecified atom stereocenters. The number of fused-ring (bicyclic) bond motifs is 1. The number of nitrogens with one attached hydrogen (secondary N) is 2. The predicted octanol–water partition coefficient (Wildman–Crippen LogP) is 2.40. The summed E-state index contributed by atoms with van der Waals surface area (Å²) in [5, 5.41) is 11.8. The molecular weight excluding hydrogens is 378 g/mol. The van der Waals surface area contributed by atoms with Gasteiger partial charge in [-0.1, -0.05) is 42.5 Å². The highest BCUT2D eigenvalue weighted by molar-refractivity contribution is 5.91. The second kappa shape index (κ2) is 9.00. The molecule has 0 radical (unpaired) electrons. The fourth-order valence-corrected chi connectivity index (χ4v) is 3.22. The van der Waals surface area contributed by atoms with Gasteiger partial charge in [0.25, 0.3) is 0 Å². The fourth-order valence-electron chi connectivity index (χ4n) is 3.22. The minimum absolute atomic E-state index is 0.0688. The molecule has 0 aliphatic heterocycles. The fraction of sp³-hybridized carbons (Fsp3) is 0.130. The van der Waals surface area contributed by atoms with Gasteiger partial charge in [0.05, 0.1) is 13.0 Å². The van der Waals surface area contributed by atoms with Crippen molar-refractivity contribution in [2.75, 3.05) is 6.54 Å². The lowest BCUT2D eigenvalue weighted by Crippen LogP contribution is -2.37. The van der Waals surface area contributed by atoms with E-state index in [1.165, 1.54) is 0 Å². The van der Waals surface area contributed by atoms with Crippen LogP contribution in [0.3, 0.4) is 0 Å². The van der Waals surface area contributed by atoms with Gasteiger partial charge < -0.3 is 10.6 Å². The van der Waals surface area contributed by atoms with Crippen LogP contribution in [-0.4, -0.2) is 33.1 Å². The second-order valence-corrected chi connectivity index (χ2v) is 6.84. The predicted molar refractivity (Wildman–Crippen MR) is 114 cm³/mol. The van der Waals surface area contributed by atoms with Crippen LogP contribution in [0.1, 0.15) is 11.1 Å². The maximum absolute atomic E-state index is 12.3. The van der Waals surface area contributed by atoms with E-state index >= 15 is 0 Å². The third kappa shape index (κ3) is 4.70. The molecule has 150 valence electrons. The number of aromatic nitrogens is 3. The second-order valence-electron chi connectivity index (χ2n) is 6.84. The van der Waals surface area contributed by atoms with Gasteiger partial charge in [-0.05, 0) is 40.1 Å². The summed E-state index contributed by atoms with van der Waals surface area (Å²) in [5.41, 5.74) is 1.83. The van der Waals surface area contributed by atoms with Crippen LogP contribution in [0.25, 0.3) is 16.6 Å². The number of amides is 2. The molecule has 4 aromatic rings. The Morgan fingerprint density at radius 3 is 2.63 bits per heavy atom. The lowest BCUT2D eigenvalue weighted by Gasteiger charge is -2.09. The van der Waals surface area contributed by atoms with E-state index in [2.05, 4.69) is 20.7 Å². The van der Waals surface area contributed by atoms with Gasteiger partial charge in [0.15, 0.2) is 5.82 Å². The third-order valence-electron chi connectivity index (χ3n) is 4.72. The van der Waals surface area contributed by atoms with E-state index in [-0.39, 0.29) is 24.8 Å². The Hall–Kier alpha value is -4.00. The normalized spacial score (nSPS) is 10.7. The van der Waals surface area contributed by atoms with E-state index in [1.54, 1.807) is 23.3 Å². The molecule has 0 aliphatic rings. The van der Waals surface area contributed by atoms with Crippen molar-refractivity contribution in [2.45, 2.75) is 13.0 Å². The van der Waals surface area contributed by atoms with E-state index in [1.807, 2.05) is 60.7 Å². The molecule has 2 amide bonds. The monoisotopic (exact) mass is 399 g/mol. The van der Waals surface area contributed by atoms with Crippen LogP contribution in [0.15, 0.2) is 79.3 Å². The number of rotatable bonds is 7. The quantitative estimate of drug-likeness (QED) is 0.499. The van der Waals surface area contributed by atoms with Crippen molar-refractivity contribution >= 4 is 22.6 Å². The van der Waals surface area contributed by atoms with Gasteiger partial charge in [-0.2, -0.15) is 5.10 Å². The highest BCUT2D eigenvalue weighted by atomic mass is 16.2. The lowest BCUT2D eigenvalue weighted by atomic mass is 10.0. The van der Waals surface area contributed by atoms with Crippen LogP contribution in [0.4, 0.5) is 0 Å². The summed E-state index contributed by atoms with van der Waals surface area (Å²) in [7, 11) is 0. The summed E-state index contributed by atoms with van der Waals surface area (Å²) in [6.07, 6.45) is 5.38. The molecule has 2 N–H and O–H groups in total. The Bertz CT molecular complexity index is 1170. The van der Waals surface area contributed by atoms with Crippen LogP contribution >= 0.6 is 0 Å². The lowest BCUT2D eigenvalue weighted by molar-refractivity contribution is -0.125. The molecule has 7 heteroatoms. The molecule has 0 aliphatic carbocycles. The van der Waals surface area contributed by atoms with E-state index in [0.717, 1.165) is 21.9 Å². The van der Waals surface area contributed by atoms with Crippen LogP contribution in [0.5, 0.6) is 0 Å². The zero-order valence-corrected chi connectivity index (χ0v) is 16.3. The molecule has 2 heterocycles. The Labute approximate surface area is 173 Å². The average Bonchev–Trinajstić information content (AvgIpc) is 3.32. The number of carbonyl (C=O) groups excluding carboxylic acids is 2. The molecule has 30 heavy (non-hydrogen) atoms. The molecular formula is C23H21N5O2. The standard InChI is InChI=1S/C23H21N5O2/c29-22(14-19-7-3-6-18-5-1-2-8-20(18)19)26-16-23(30)25-15-17-9-11-24-21(13-17)28-12-4-10-27-28/h1-13H,14-16H2,(H,25,30)(H,26,29). The highest BCUT2D eigenvalue weighted by Crippen LogP contribution is 2.18. The number of nitrogens with zero attached hydrogens (tertiary/aromatic N) is 3. The maximum Gasteiger partial charge on any atom is 0.239 e. The van der Waals surface area contributed by atoms with Crippen molar-refractivity contribution in [1.29, 1.82) is 0 Å². The van der Waals surface area contributed by atoms with Gasteiger partial charge in [0, 0.05) is 25.1 Å². The summed E-state index contributed by atoms with van der Waals surface area (Å²) >= 11 is 0. The Morgan fingerprint density at radius 2 is 1.77 bits per heavy atom. The first-order valence-corrected chi connectivity index (χ1v) is 9.64. The van der Waals surface area contributed by atoms with Gasteiger partial charge >= 0.3 is 0 Å². The van der Waals surface area contributed by atoms with Gasteiger partial charge in [0.2, 0.25) is 11.8 Å². The third-order valence-corrected chi connectivity index (χ3v) is 4.72. The highest BCUT2D eigenvalue weighted by Gasteiger charge is 2.09. The minimum Gasteiger partial charge on any atom is -0.350 e. The van der Waals surface area contributed by atoms with Crippen molar-refractivity contribution < 1.29 is 9.59 Å². The van der Waals surface area contributed by atoms with Gasteiger partial charge in [0.1, 0.15) is 0 Å². The van der Waals surface area contributed by atoms with Crippen molar-refractivity contribution in [3.63, 3.8) is 0 Å². The summed E-state index contributed by atoms with van der Waals surface area (Å²) < 4.78 is 1.65. The SMILES string of the molecule is O=C(CNC(=O)Cc1cccc2ccccc12)NCc1ccnc(-n2cccn2)c1. The molecule has 0 bridgehead atoms. The molecule has 4 rings (SSSR count). The van der Waals surface area contributed by atoms with E-state index < -0.39 is 0 Å². The zero-order valence-electron chi connectivity index (χ0n) is 16.3. The Morgan fingerprint density at radius 1 is 0.900 bits per heavy atom. The van der Waals surface area contributed by atoms with Crippen molar-refractivity contribution in [3.05, 3.63) is 90.4 Å². The summed E-state index contributed by atoms with van der Waals surface area (Å²) in [6.45, 7) is 0.273. The van der Waals surface area contributed by atoms with Crippen molar-refractivity contribution in [2.24, 2.45) is 0 Å². The molecule has 2 aromatic heterocycles. The molecule has 0 spiro atoms. The summed E-state index contributed by atoms with van der Waals surface area (Å²) in [6, 6.07) is 19.3. The van der Waals surface area contributed by atoms with Crippen LogP contribution < -0.4 is 10.6 Å². The average molecular weight is 399 g/mol. The van der Waals surface area contributed by atoms with E-state index in [9.17, 15) is 9.59 Å². The Balaban J connectivity index is 1.28. The first kappa shape index (κ1) is 19.3. The molecule has 7 nitrogen and oxygen atoms in total. The van der Waals surface area contributed by atoms with E-state index in [0.29, 0.717) is 12.4 Å². The van der Waals surface area contributed by atoms with Crippen LogP contribution in [0, 0.1) is 0 Å². The summed E-state index contributed by atoms with van der Waals surface area (Å²) in [5.74, 6) is 0.236. The molecule has 0 atom stereocenters. The Kier molecular flexibility index (Phi) is 5.80. The summed E-state index contributed by atoms with van der Waals surface area (Å²) in [4.78, 5) is 28.7. The number of pyridine rings is 1. The molecule has 0 saturated heterocycles. The number of benzene rings is 2. The number of hydrogen-bond donors (Lipinski definition) is 2. The number of hydrogen-bond acceptors (Lipinski definition) is 4. The maximum atomic E-state index is 12.3. The van der Waals surface area contributed by atoms with Gasteiger partial charge in [-0.25, -0.2) is 9.67 Å². The zero-order chi connectivity index (χ0) is 20.8. The van der Waals surface area contributed by atoms with Crippen LogP contribution in [0.2, 0.25) is 0 Å². The van der Waals surface area contributed by atoms with Crippen molar-refractivity contribution in [1.82, 2.24) is 25.4 Å². The first-order valence-electron chi connectivity index (χ1n) is 9.64. The smallest absolute Gasteiger partial charge is 0.239 e. The molecule has 2 aromatic carbocycles. The molecule has 0 fully saturated rings. The van der Waals surface area contributed by atoms with Crippen LogP contribution in [-0.2, 0) is 22.6 Å². The number of carbonyl (C=O) groups is 2. The van der Waals surface area contributed by atoms with Gasteiger partial charge in [-0.3, -0.25) is 9.59 Å². The first-order chi connectivity index (χ1) is 14.7.